The Hall–Kier alpha value is -3.77. The van der Waals surface area contributed by atoms with E-state index in [1.807, 2.05) is 6.07 Å². The summed E-state index contributed by atoms with van der Waals surface area (Å²) in [6.45, 7) is 1.91. The van der Waals surface area contributed by atoms with E-state index in [2.05, 4.69) is 55.8 Å². The molecule has 0 radical (unpaired) electrons. The van der Waals surface area contributed by atoms with Gasteiger partial charge in [0.2, 0.25) is 0 Å². The summed E-state index contributed by atoms with van der Waals surface area (Å²) in [6, 6.07) is 16.9. The van der Waals surface area contributed by atoms with Crippen molar-refractivity contribution in [1.29, 1.82) is 0 Å². The highest BCUT2D eigenvalue weighted by Gasteiger charge is 2.15. The highest BCUT2D eigenvalue weighted by molar-refractivity contribution is 6.00. The number of rotatable bonds is 3. The van der Waals surface area contributed by atoms with Gasteiger partial charge in [-0.25, -0.2) is 4.39 Å². The zero-order chi connectivity index (χ0) is 20.8. The molecule has 0 saturated heterocycles. The van der Waals surface area contributed by atoms with Gasteiger partial charge in [0.25, 0.3) is 0 Å². The average molecular weight is 409 g/mol. The molecule has 0 spiro atoms. The highest BCUT2D eigenvalue weighted by Crippen LogP contribution is 2.34. The van der Waals surface area contributed by atoms with E-state index in [0.717, 1.165) is 64.0 Å². The molecule has 1 aliphatic rings. The Morgan fingerprint density at radius 1 is 0.839 bits per heavy atom. The lowest BCUT2D eigenvalue weighted by Gasteiger charge is -2.14. The summed E-state index contributed by atoms with van der Waals surface area (Å²) in [5.41, 5.74) is 8.09. The fourth-order valence-corrected chi connectivity index (χ4v) is 4.32. The molecule has 0 amide bonds. The Labute approximate surface area is 178 Å². The molecular formula is C25H20FN5. The maximum Gasteiger partial charge on any atom is 0.123 e. The van der Waals surface area contributed by atoms with Crippen molar-refractivity contribution in [2.24, 2.45) is 0 Å². The van der Waals surface area contributed by atoms with E-state index in [0.29, 0.717) is 0 Å². The van der Waals surface area contributed by atoms with Crippen LogP contribution in [0.2, 0.25) is 0 Å². The summed E-state index contributed by atoms with van der Waals surface area (Å²) in [6.07, 6.45) is 5.05. The molecule has 0 bridgehead atoms. The molecule has 3 aromatic heterocycles. The van der Waals surface area contributed by atoms with Crippen LogP contribution < -0.4 is 5.32 Å². The van der Waals surface area contributed by atoms with Crippen molar-refractivity contribution in [2.45, 2.75) is 6.42 Å². The topological polar surface area (TPSA) is 69.4 Å². The first-order valence-electron chi connectivity index (χ1n) is 10.4. The van der Waals surface area contributed by atoms with Crippen LogP contribution in [0.1, 0.15) is 12.0 Å². The van der Waals surface area contributed by atoms with E-state index in [4.69, 9.17) is 0 Å². The third-order valence-electron chi connectivity index (χ3n) is 5.92. The monoisotopic (exact) mass is 409 g/mol. The van der Waals surface area contributed by atoms with Gasteiger partial charge in [-0.2, -0.15) is 5.10 Å². The average Bonchev–Trinajstić information content (AvgIpc) is 3.43. The van der Waals surface area contributed by atoms with Gasteiger partial charge in [-0.1, -0.05) is 12.1 Å². The van der Waals surface area contributed by atoms with Crippen molar-refractivity contribution in [3.05, 3.63) is 78.3 Å². The zero-order valence-electron chi connectivity index (χ0n) is 16.7. The molecule has 152 valence electrons. The number of hydrogen-bond acceptors (Lipinski definition) is 3. The van der Waals surface area contributed by atoms with Crippen LogP contribution in [0, 0.1) is 5.82 Å². The number of H-pyrrole nitrogens is 2. The molecule has 4 heterocycles. The number of benzene rings is 2. The third kappa shape index (κ3) is 3.12. The molecule has 1 aliphatic heterocycles. The second-order valence-electron chi connectivity index (χ2n) is 7.83. The van der Waals surface area contributed by atoms with Gasteiger partial charge in [0.1, 0.15) is 11.5 Å². The molecule has 5 aromatic rings. The van der Waals surface area contributed by atoms with Gasteiger partial charge >= 0.3 is 0 Å². The fourth-order valence-electron chi connectivity index (χ4n) is 4.32. The SMILES string of the molecule is Fc1ccc(-c2nccc3[nH]c(-c4n[nH]c5ccc(C6=CCNCC6)cc45)cc23)cc1. The second kappa shape index (κ2) is 7.18. The van der Waals surface area contributed by atoms with Crippen LogP contribution in [-0.2, 0) is 0 Å². The Bertz CT molecular complexity index is 1440. The van der Waals surface area contributed by atoms with E-state index < -0.39 is 0 Å². The first kappa shape index (κ1) is 18.0. The molecule has 3 N–H and O–H groups in total. The third-order valence-corrected chi connectivity index (χ3v) is 5.92. The van der Waals surface area contributed by atoms with Gasteiger partial charge in [0.05, 0.1) is 16.9 Å². The van der Waals surface area contributed by atoms with Crippen molar-refractivity contribution in [3.8, 4) is 22.6 Å². The highest BCUT2D eigenvalue weighted by atomic mass is 19.1. The van der Waals surface area contributed by atoms with E-state index in [1.54, 1.807) is 18.3 Å². The molecule has 0 atom stereocenters. The first-order valence-corrected chi connectivity index (χ1v) is 10.4. The lowest BCUT2D eigenvalue weighted by atomic mass is 9.98. The number of pyridine rings is 1. The number of hydrogen-bond donors (Lipinski definition) is 3. The van der Waals surface area contributed by atoms with E-state index >= 15 is 0 Å². The van der Waals surface area contributed by atoms with Crippen LogP contribution in [-0.4, -0.2) is 33.3 Å². The van der Waals surface area contributed by atoms with E-state index in [1.165, 1.54) is 23.3 Å². The molecule has 0 saturated carbocycles. The van der Waals surface area contributed by atoms with Gasteiger partial charge in [-0.3, -0.25) is 10.1 Å². The molecule has 0 aliphatic carbocycles. The molecular weight excluding hydrogens is 389 g/mol. The van der Waals surface area contributed by atoms with Crippen molar-refractivity contribution >= 4 is 27.4 Å². The normalized spacial score (nSPS) is 14.3. The summed E-state index contributed by atoms with van der Waals surface area (Å²) in [5.74, 6) is -0.256. The summed E-state index contributed by atoms with van der Waals surface area (Å²) in [7, 11) is 0. The molecule has 5 nitrogen and oxygen atoms in total. The fraction of sp³-hybridized carbons (Fsp3) is 0.120. The van der Waals surface area contributed by atoms with Crippen LogP contribution in [0.3, 0.4) is 0 Å². The molecule has 31 heavy (non-hydrogen) atoms. The number of aromatic nitrogens is 4. The molecule has 6 rings (SSSR count). The zero-order valence-corrected chi connectivity index (χ0v) is 16.7. The van der Waals surface area contributed by atoms with Crippen molar-refractivity contribution in [2.75, 3.05) is 13.1 Å². The van der Waals surface area contributed by atoms with Crippen LogP contribution in [0.15, 0.2) is 66.9 Å². The van der Waals surface area contributed by atoms with Gasteiger partial charge in [0.15, 0.2) is 0 Å². The lowest BCUT2D eigenvalue weighted by molar-refractivity contribution is 0.628. The number of halogens is 1. The van der Waals surface area contributed by atoms with E-state index in [9.17, 15) is 4.39 Å². The van der Waals surface area contributed by atoms with Crippen LogP contribution in [0.4, 0.5) is 4.39 Å². The minimum atomic E-state index is -0.256. The van der Waals surface area contributed by atoms with Crippen LogP contribution in [0.25, 0.3) is 50.0 Å². The molecule has 6 heteroatoms. The number of aromatic amines is 2. The molecule has 2 aromatic carbocycles. The predicted octanol–water partition coefficient (Wildman–Crippen LogP) is 5.29. The quantitative estimate of drug-likeness (QED) is 0.379. The Morgan fingerprint density at radius 2 is 1.68 bits per heavy atom. The maximum atomic E-state index is 13.4. The number of nitrogens with zero attached hydrogens (tertiary/aromatic N) is 2. The first-order chi connectivity index (χ1) is 15.3. The minimum absolute atomic E-state index is 0.256. The summed E-state index contributed by atoms with van der Waals surface area (Å²) in [5, 5.41) is 13.2. The van der Waals surface area contributed by atoms with Gasteiger partial charge < -0.3 is 10.3 Å². The maximum absolute atomic E-state index is 13.4. The Balaban J connectivity index is 1.48. The predicted molar refractivity (Wildman–Crippen MR) is 122 cm³/mol. The second-order valence-corrected chi connectivity index (χ2v) is 7.83. The Kier molecular flexibility index (Phi) is 4.18. The van der Waals surface area contributed by atoms with Crippen LogP contribution >= 0.6 is 0 Å². The largest absolute Gasteiger partial charge is 0.353 e. The molecule has 0 fully saturated rings. The smallest absolute Gasteiger partial charge is 0.123 e. The standard InChI is InChI=1S/C25H20FN5/c26-18-4-1-16(2-5-18)24-20-14-23(29-21(20)9-12-28-24)25-19-13-17(3-6-22(19)30-31-25)15-7-10-27-11-8-15/h1-7,9,12-14,27,29H,8,10-11H2,(H,30,31). The summed E-state index contributed by atoms with van der Waals surface area (Å²) >= 11 is 0. The van der Waals surface area contributed by atoms with Crippen molar-refractivity contribution in [1.82, 2.24) is 25.5 Å². The van der Waals surface area contributed by atoms with Gasteiger partial charge in [-0.15, -0.1) is 0 Å². The number of nitrogens with one attached hydrogen (secondary N) is 3. The van der Waals surface area contributed by atoms with Crippen LogP contribution in [0.5, 0.6) is 0 Å². The Morgan fingerprint density at radius 3 is 2.52 bits per heavy atom. The summed E-state index contributed by atoms with van der Waals surface area (Å²) in [4.78, 5) is 8.04. The van der Waals surface area contributed by atoms with Crippen molar-refractivity contribution in [3.63, 3.8) is 0 Å². The lowest BCUT2D eigenvalue weighted by Crippen LogP contribution is -2.19. The molecule has 0 unspecified atom stereocenters. The van der Waals surface area contributed by atoms with Crippen molar-refractivity contribution < 1.29 is 4.39 Å². The van der Waals surface area contributed by atoms with Gasteiger partial charge in [-0.05, 0) is 72.6 Å². The number of fused-ring (bicyclic) bond motifs is 2. The van der Waals surface area contributed by atoms with E-state index in [-0.39, 0.29) is 5.82 Å². The van der Waals surface area contributed by atoms with Gasteiger partial charge in [0, 0.05) is 34.6 Å². The summed E-state index contributed by atoms with van der Waals surface area (Å²) < 4.78 is 13.4. The minimum Gasteiger partial charge on any atom is -0.353 e.